The highest BCUT2D eigenvalue weighted by Crippen LogP contribution is 2.19. The molecule has 0 saturated heterocycles. The third-order valence-electron chi connectivity index (χ3n) is 2.75. The molecule has 0 saturated carbocycles. The monoisotopic (exact) mass is 274 g/mol. The molecule has 2 N–H and O–H groups in total. The molecule has 0 spiro atoms. The Morgan fingerprint density at radius 1 is 1.53 bits per heavy atom. The van der Waals surface area contributed by atoms with Gasteiger partial charge >= 0.3 is 0 Å². The number of imidazole rings is 1. The van der Waals surface area contributed by atoms with E-state index in [4.69, 9.17) is 22.6 Å². The Hall–Kier alpha value is -1.83. The number of halogens is 1. The van der Waals surface area contributed by atoms with Gasteiger partial charge in [0.1, 0.15) is 0 Å². The van der Waals surface area contributed by atoms with Crippen LogP contribution in [0, 0.1) is 11.3 Å². The Morgan fingerprint density at radius 3 is 2.95 bits per heavy atom. The SMILES string of the molecule is CC(N)Cc1cn(Cc2ccc(C#N)cc2Cl)cn1. The van der Waals surface area contributed by atoms with E-state index in [9.17, 15) is 0 Å². The summed E-state index contributed by atoms with van der Waals surface area (Å²) >= 11 is 6.14. The smallest absolute Gasteiger partial charge is 0.0992 e. The van der Waals surface area contributed by atoms with Crippen LogP contribution >= 0.6 is 11.6 Å². The van der Waals surface area contributed by atoms with Crippen LogP contribution < -0.4 is 5.73 Å². The second-order valence-corrected chi connectivity index (χ2v) is 5.04. The predicted octanol–water partition coefficient (Wildman–Crippen LogP) is 2.35. The molecule has 1 unspecified atom stereocenters. The standard InChI is InChI=1S/C14H15ClN4/c1-10(17)4-13-8-19(9-18-13)7-12-3-2-11(6-16)5-14(12)15/h2-3,5,8-10H,4,7,17H2,1H3. The average Bonchev–Trinajstić information content (AvgIpc) is 2.78. The predicted molar refractivity (Wildman–Crippen MR) is 74.8 cm³/mol. The van der Waals surface area contributed by atoms with Crippen molar-refractivity contribution in [1.29, 1.82) is 5.26 Å². The quantitative estimate of drug-likeness (QED) is 0.930. The summed E-state index contributed by atoms with van der Waals surface area (Å²) < 4.78 is 1.96. The van der Waals surface area contributed by atoms with Crippen molar-refractivity contribution >= 4 is 11.6 Å². The van der Waals surface area contributed by atoms with Crippen molar-refractivity contribution in [3.8, 4) is 6.07 Å². The van der Waals surface area contributed by atoms with Gasteiger partial charge in [-0.15, -0.1) is 0 Å². The van der Waals surface area contributed by atoms with E-state index in [1.165, 1.54) is 0 Å². The Kier molecular flexibility index (Phi) is 4.20. The van der Waals surface area contributed by atoms with Crippen LogP contribution in [0.25, 0.3) is 0 Å². The molecule has 1 aromatic carbocycles. The third-order valence-corrected chi connectivity index (χ3v) is 3.10. The van der Waals surface area contributed by atoms with Gasteiger partial charge in [0, 0.05) is 30.2 Å². The van der Waals surface area contributed by atoms with Crippen molar-refractivity contribution < 1.29 is 0 Å². The molecule has 0 fully saturated rings. The molecule has 0 aliphatic heterocycles. The summed E-state index contributed by atoms with van der Waals surface area (Å²) in [5, 5.41) is 9.39. The first kappa shape index (κ1) is 13.6. The molecule has 5 heteroatoms. The molecule has 0 aliphatic rings. The molecule has 0 bridgehead atoms. The number of rotatable bonds is 4. The zero-order valence-electron chi connectivity index (χ0n) is 10.7. The van der Waals surface area contributed by atoms with Gasteiger partial charge in [-0.25, -0.2) is 4.98 Å². The van der Waals surface area contributed by atoms with Crippen LogP contribution in [-0.2, 0) is 13.0 Å². The Morgan fingerprint density at radius 2 is 2.32 bits per heavy atom. The van der Waals surface area contributed by atoms with Gasteiger partial charge in [-0.3, -0.25) is 0 Å². The van der Waals surface area contributed by atoms with E-state index >= 15 is 0 Å². The lowest BCUT2D eigenvalue weighted by molar-refractivity contribution is 0.723. The van der Waals surface area contributed by atoms with Crippen LogP contribution in [0.2, 0.25) is 5.02 Å². The van der Waals surface area contributed by atoms with Crippen molar-refractivity contribution in [2.45, 2.75) is 25.9 Å². The van der Waals surface area contributed by atoms with E-state index in [-0.39, 0.29) is 6.04 Å². The van der Waals surface area contributed by atoms with E-state index in [1.54, 1.807) is 18.5 Å². The van der Waals surface area contributed by atoms with Crippen LogP contribution in [0.4, 0.5) is 0 Å². The summed E-state index contributed by atoms with van der Waals surface area (Å²) in [6, 6.07) is 7.48. The van der Waals surface area contributed by atoms with Crippen LogP contribution in [0.15, 0.2) is 30.7 Å². The molecular weight excluding hydrogens is 260 g/mol. The lowest BCUT2D eigenvalue weighted by atomic mass is 10.1. The largest absolute Gasteiger partial charge is 0.333 e. The Labute approximate surface area is 117 Å². The number of nitrogens with two attached hydrogens (primary N) is 1. The minimum absolute atomic E-state index is 0.0989. The number of hydrogen-bond donors (Lipinski definition) is 1. The van der Waals surface area contributed by atoms with E-state index in [0.29, 0.717) is 17.1 Å². The second kappa shape index (κ2) is 5.87. The maximum atomic E-state index is 8.79. The molecule has 98 valence electrons. The molecule has 4 nitrogen and oxygen atoms in total. The topological polar surface area (TPSA) is 67.6 Å². The highest BCUT2D eigenvalue weighted by atomic mass is 35.5. The fourth-order valence-electron chi connectivity index (χ4n) is 1.87. The van der Waals surface area contributed by atoms with E-state index in [0.717, 1.165) is 17.7 Å². The van der Waals surface area contributed by atoms with Crippen molar-refractivity contribution in [2.75, 3.05) is 0 Å². The van der Waals surface area contributed by atoms with Gasteiger partial charge in [0.25, 0.3) is 0 Å². The van der Waals surface area contributed by atoms with Gasteiger partial charge in [-0.1, -0.05) is 17.7 Å². The summed E-state index contributed by atoms with van der Waals surface area (Å²) in [7, 11) is 0. The normalized spacial score (nSPS) is 12.1. The first-order chi connectivity index (χ1) is 9.08. The first-order valence-corrected chi connectivity index (χ1v) is 6.41. The van der Waals surface area contributed by atoms with Crippen LogP contribution in [0.5, 0.6) is 0 Å². The fourth-order valence-corrected chi connectivity index (χ4v) is 2.11. The van der Waals surface area contributed by atoms with Crippen molar-refractivity contribution in [3.63, 3.8) is 0 Å². The highest BCUT2D eigenvalue weighted by Gasteiger charge is 2.05. The first-order valence-electron chi connectivity index (χ1n) is 6.03. The molecule has 0 radical (unpaired) electrons. The summed E-state index contributed by atoms with van der Waals surface area (Å²) in [5.74, 6) is 0. The second-order valence-electron chi connectivity index (χ2n) is 4.64. The molecular formula is C14H15ClN4. The van der Waals surface area contributed by atoms with Crippen molar-refractivity contribution in [2.24, 2.45) is 5.73 Å². The van der Waals surface area contributed by atoms with E-state index < -0.39 is 0 Å². The van der Waals surface area contributed by atoms with Gasteiger partial charge in [-0.05, 0) is 24.6 Å². The maximum absolute atomic E-state index is 8.79. The zero-order valence-corrected chi connectivity index (χ0v) is 11.4. The molecule has 0 aliphatic carbocycles. The lowest BCUT2D eigenvalue weighted by Crippen LogP contribution is -2.17. The van der Waals surface area contributed by atoms with Gasteiger partial charge in [0.15, 0.2) is 0 Å². The Balaban J connectivity index is 2.13. The summed E-state index contributed by atoms with van der Waals surface area (Å²) in [5.41, 5.74) is 8.24. The fraction of sp³-hybridized carbons (Fsp3) is 0.286. The minimum atomic E-state index is 0.0989. The maximum Gasteiger partial charge on any atom is 0.0992 e. The van der Waals surface area contributed by atoms with E-state index in [2.05, 4.69) is 11.1 Å². The van der Waals surface area contributed by atoms with Crippen molar-refractivity contribution in [3.05, 3.63) is 52.6 Å². The summed E-state index contributed by atoms with van der Waals surface area (Å²) in [6.07, 6.45) is 4.50. The number of nitriles is 1. The van der Waals surface area contributed by atoms with Crippen LogP contribution in [0.1, 0.15) is 23.7 Å². The molecule has 2 rings (SSSR count). The number of nitrogens with zero attached hydrogens (tertiary/aromatic N) is 3. The van der Waals surface area contributed by atoms with Crippen molar-refractivity contribution in [1.82, 2.24) is 9.55 Å². The third kappa shape index (κ3) is 3.57. The molecule has 1 aromatic heterocycles. The van der Waals surface area contributed by atoms with Gasteiger partial charge in [0.2, 0.25) is 0 Å². The Bertz CT molecular complexity index is 610. The zero-order chi connectivity index (χ0) is 13.8. The van der Waals surface area contributed by atoms with Crippen LogP contribution in [-0.4, -0.2) is 15.6 Å². The molecule has 1 atom stereocenters. The van der Waals surface area contributed by atoms with Crippen LogP contribution in [0.3, 0.4) is 0 Å². The number of aromatic nitrogens is 2. The number of benzene rings is 1. The number of hydrogen-bond acceptors (Lipinski definition) is 3. The average molecular weight is 275 g/mol. The molecule has 0 amide bonds. The highest BCUT2D eigenvalue weighted by molar-refractivity contribution is 6.31. The minimum Gasteiger partial charge on any atom is -0.333 e. The molecule has 1 heterocycles. The van der Waals surface area contributed by atoms with Gasteiger partial charge in [0.05, 0.1) is 23.7 Å². The summed E-state index contributed by atoms with van der Waals surface area (Å²) in [4.78, 5) is 4.30. The van der Waals surface area contributed by atoms with Gasteiger partial charge in [-0.2, -0.15) is 5.26 Å². The lowest BCUT2D eigenvalue weighted by Gasteiger charge is -2.05. The molecule has 19 heavy (non-hydrogen) atoms. The molecule has 2 aromatic rings. The summed E-state index contributed by atoms with van der Waals surface area (Å²) in [6.45, 7) is 2.59. The van der Waals surface area contributed by atoms with Gasteiger partial charge < -0.3 is 10.3 Å². The van der Waals surface area contributed by atoms with E-state index in [1.807, 2.05) is 23.8 Å².